The van der Waals surface area contributed by atoms with Crippen LogP contribution in [0.15, 0.2) is 47.5 Å². The lowest BCUT2D eigenvalue weighted by Crippen LogP contribution is -2.38. The van der Waals surface area contributed by atoms with E-state index in [1.165, 1.54) is 26.4 Å². The van der Waals surface area contributed by atoms with E-state index in [0.29, 0.717) is 42.5 Å². The summed E-state index contributed by atoms with van der Waals surface area (Å²) >= 11 is 6.46. The number of halogens is 1. The first-order valence-corrected chi connectivity index (χ1v) is 14.6. The largest absolute Gasteiger partial charge is 0.494 e. The number of nitrogens with one attached hydrogen (secondary N) is 2. The monoisotopic (exact) mass is 587 g/mol. The normalized spacial score (nSPS) is 15.4. The van der Waals surface area contributed by atoms with Crippen molar-refractivity contribution in [2.75, 3.05) is 57.4 Å². The van der Waals surface area contributed by atoms with Crippen molar-refractivity contribution in [3.8, 4) is 5.75 Å². The molecule has 1 aromatic heterocycles. The van der Waals surface area contributed by atoms with E-state index in [2.05, 4.69) is 20.6 Å². The molecule has 40 heavy (non-hydrogen) atoms. The van der Waals surface area contributed by atoms with E-state index in [9.17, 15) is 13.2 Å². The van der Waals surface area contributed by atoms with Gasteiger partial charge in [-0.1, -0.05) is 23.7 Å². The van der Waals surface area contributed by atoms with Crippen LogP contribution in [0.25, 0.3) is 0 Å². The van der Waals surface area contributed by atoms with Crippen LogP contribution in [-0.4, -0.2) is 81.4 Å². The number of carbonyl (C=O) groups excluding carboxylic acids is 1. The first kappa shape index (κ1) is 29.5. The lowest BCUT2D eigenvalue weighted by atomic mass is 10.0. The summed E-state index contributed by atoms with van der Waals surface area (Å²) in [4.78, 5) is 25.8. The predicted octanol–water partition coefficient (Wildman–Crippen LogP) is 4.11. The molecule has 0 spiro atoms. The molecule has 1 atom stereocenters. The number of nitrogens with zero attached hydrogens (tertiary/aromatic N) is 5. The van der Waals surface area contributed by atoms with Crippen molar-refractivity contribution in [3.63, 3.8) is 0 Å². The Morgan fingerprint density at radius 2 is 1.88 bits per heavy atom. The highest BCUT2D eigenvalue weighted by Gasteiger charge is 2.29. The van der Waals surface area contributed by atoms with Gasteiger partial charge in [0.05, 0.1) is 30.7 Å². The number of methoxy groups -OCH3 is 1. The smallest absolute Gasteiger partial charge is 0.244 e. The molecule has 3 aromatic rings. The zero-order valence-corrected chi connectivity index (χ0v) is 25.0. The van der Waals surface area contributed by atoms with Crippen molar-refractivity contribution in [3.05, 3.63) is 53.2 Å². The maximum Gasteiger partial charge on any atom is 0.244 e. The van der Waals surface area contributed by atoms with Gasteiger partial charge < -0.3 is 20.3 Å². The first-order chi connectivity index (χ1) is 19.0. The molecule has 4 rings (SSSR count). The van der Waals surface area contributed by atoms with Gasteiger partial charge in [0.2, 0.25) is 21.9 Å². The van der Waals surface area contributed by atoms with E-state index in [1.54, 1.807) is 25.3 Å². The molecule has 214 valence electrons. The highest BCUT2D eigenvalue weighted by molar-refractivity contribution is 7.89. The van der Waals surface area contributed by atoms with Crippen molar-refractivity contribution >= 4 is 56.4 Å². The summed E-state index contributed by atoms with van der Waals surface area (Å²) in [5.41, 5.74) is 2.67. The minimum atomic E-state index is -3.72. The van der Waals surface area contributed by atoms with E-state index in [-0.39, 0.29) is 27.7 Å². The quantitative estimate of drug-likeness (QED) is 0.381. The van der Waals surface area contributed by atoms with Gasteiger partial charge in [-0.25, -0.2) is 17.7 Å². The minimum Gasteiger partial charge on any atom is -0.494 e. The second-order valence-electron chi connectivity index (χ2n) is 9.67. The lowest BCUT2D eigenvalue weighted by molar-refractivity contribution is -0.120. The van der Waals surface area contributed by atoms with Crippen LogP contribution >= 0.6 is 11.6 Å². The van der Waals surface area contributed by atoms with Gasteiger partial charge in [-0.3, -0.25) is 9.69 Å². The summed E-state index contributed by atoms with van der Waals surface area (Å²) in [6.45, 7) is 2.45. The van der Waals surface area contributed by atoms with Crippen LogP contribution in [0.1, 0.15) is 18.9 Å². The van der Waals surface area contributed by atoms with Crippen molar-refractivity contribution in [2.24, 2.45) is 0 Å². The number of carbonyl (C=O) groups is 1. The molecule has 1 unspecified atom stereocenters. The van der Waals surface area contributed by atoms with E-state index >= 15 is 0 Å². The van der Waals surface area contributed by atoms with Crippen LogP contribution in [0.5, 0.6) is 5.75 Å². The molecular formula is C27H34ClN7O4S. The topological polar surface area (TPSA) is 120 Å². The summed E-state index contributed by atoms with van der Waals surface area (Å²) in [5.74, 6) is 1.15. The second-order valence-corrected chi connectivity index (χ2v) is 12.2. The Hall–Kier alpha value is -3.45. The number of hydrogen-bond donors (Lipinski definition) is 2. The molecule has 0 bridgehead atoms. The van der Waals surface area contributed by atoms with Gasteiger partial charge in [0, 0.05) is 31.9 Å². The van der Waals surface area contributed by atoms with Gasteiger partial charge in [0.1, 0.15) is 15.7 Å². The maximum absolute atomic E-state index is 12.9. The number of fused-ring (bicyclic) bond motifs is 1. The maximum atomic E-state index is 12.9. The molecule has 2 heterocycles. The molecule has 1 amide bonds. The number of hydrogen-bond acceptors (Lipinski definition) is 9. The Labute approximate surface area is 240 Å². The van der Waals surface area contributed by atoms with Gasteiger partial charge in [-0.05, 0) is 58.1 Å². The Balaban J connectivity index is 1.74. The van der Waals surface area contributed by atoms with E-state index < -0.39 is 10.0 Å². The minimum absolute atomic E-state index is 0.0563. The van der Waals surface area contributed by atoms with Crippen LogP contribution in [0, 0.1) is 0 Å². The first-order valence-electron chi connectivity index (χ1n) is 12.7. The van der Waals surface area contributed by atoms with Gasteiger partial charge in [-0.2, -0.15) is 4.98 Å². The van der Waals surface area contributed by atoms with Crippen molar-refractivity contribution in [1.29, 1.82) is 0 Å². The molecule has 1 aliphatic heterocycles. The van der Waals surface area contributed by atoms with E-state index in [4.69, 9.17) is 16.3 Å². The predicted molar refractivity (Wildman–Crippen MR) is 158 cm³/mol. The summed E-state index contributed by atoms with van der Waals surface area (Å²) < 4.78 is 32.8. The van der Waals surface area contributed by atoms with Gasteiger partial charge in [0.15, 0.2) is 5.82 Å². The van der Waals surface area contributed by atoms with Crippen LogP contribution in [-0.2, 0) is 21.2 Å². The third-order valence-corrected chi connectivity index (χ3v) is 8.92. The fraction of sp³-hybridized carbons (Fsp3) is 0.370. The molecule has 2 N–H and O–H groups in total. The van der Waals surface area contributed by atoms with Crippen LogP contribution < -0.4 is 20.3 Å². The second kappa shape index (κ2) is 12.0. The highest BCUT2D eigenvalue weighted by atomic mass is 35.5. The average molecular weight is 588 g/mol. The van der Waals surface area contributed by atoms with E-state index in [1.807, 2.05) is 43.0 Å². The van der Waals surface area contributed by atoms with Gasteiger partial charge >= 0.3 is 0 Å². The zero-order valence-electron chi connectivity index (χ0n) is 23.4. The molecule has 0 saturated heterocycles. The molecule has 13 heteroatoms. The number of benzene rings is 2. The SMILES string of the molecule is CCN(c1ncc(Cl)c(Nc2ccccc2S(=O)(=O)N(C)C)n1)c1ccc2c(c1OC)CCC(N(C)C)C(=O)N2. The number of anilines is 5. The molecule has 0 aliphatic carbocycles. The number of rotatable bonds is 9. The van der Waals surface area contributed by atoms with Crippen molar-refractivity contribution in [2.45, 2.75) is 30.7 Å². The summed E-state index contributed by atoms with van der Waals surface area (Å²) in [5, 5.41) is 6.34. The van der Waals surface area contributed by atoms with E-state index in [0.717, 1.165) is 15.6 Å². The van der Waals surface area contributed by atoms with Crippen LogP contribution in [0.2, 0.25) is 5.02 Å². The fourth-order valence-corrected chi connectivity index (χ4v) is 5.84. The number of likely N-dealkylation sites (N-methyl/N-ethyl adjacent to an activating group) is 1. The number of para-hydroxylation sites is 1. The van der Waals surface area contributed by atoms with Gasteiger partial charge in [-0.15, -0.1) is 0 Å². The third-order valence-electron chi connectivity index (χ3n) is 6.77. The molecule has 2 aromatic carbocycles. The molecule has 11 nitrogen and oxygen atoms in total. The standard InChI is InChI=1S/C27H34ClN7O4S/c1-7-35(21-15-13-19-17(24(21)39-6)12-14-22(33(2)3)26(36)31-19)27-29-16-18(28)25(32-27)30-20-10-8-9-11-23(20)40(37,38)34(4)5/h8-11,13,15-16,22H,7,12,14H2,1-6H3,(H,31,36)(H,29,30,32). The zero-order chi connectivity index (χ0) is 29.2. The van der Waals surface area contributed by atoms with Crippen molar-refractivity contribution < 1.29 is 17.9 Å². The number of amides is 1. The summed E-state index contributed by atoms with van der Waals surface area (Å²) in [7, 11) is 4.60. The Bertz CT molecular complexity index is 1510. The molecule has 0 fully saturated rings. The average Bonchev–Trinajstić information content (AvgIpc) is 3.09. The molecule has 0 saturated carbocycles. The summed E-state index contributed by atoms with van der Waals surface area (Å²) in [6.07, 6.45) is 2.74. The molecular weight excluding hydrogens is 554 g/mol. The van der Waals surface area contributed by atoms with Crippen molar-refractivity contribution in [1.82, 2.24) is 19.2 Å². The number of ether oxygens (including phenoxy) is 1. The Morgan fingerprint density at radius 1 is 1.15 bits per heavy atom. The Kier molecular flexibility index (Phi) is 8.83. The Morgan fingerprint density at radius 3 is 2.52 bits per heavy atom. The lowest BCUT2D eigenvalue weighted by Gasteiger charge is -2.26. The highest BCUT2D eigenvalue weighted by Crippen LogP contribution is 2.41. The fourth-order valence-electron chi connectivity index (χ4n) is 4.66. The molecule has 0 radical (unpaired) electrons. The van der Waals surface area contributed by atoms with Gasteiger partial charge in [0.25, 0.3) is 0 Å². The summed E-state index contributed by atoms with van der Waals surface area (Å²) in [6, 6.07) is 10.0. The molecule has 1 aliphatic rings. The van der Waals surface area contributed by atoms with Crippen LogP contribution in [0.3, 0.4) is 0 Å². The number of sulfonamides is 1. The van der Waals surface area contributed by atoms with Crippen LogP contribution in [0.4, 0.5) is 28.8 Å². The third kappa shape index (κ3) is 5.71. The number of aromatic nitrogens is 2.